The van der Waals surface area contributed by atoms with E-state index in [-0.39, 0.29) is 10.0 Å². The summed E-state index contributed by atoms with van der Waals surface area (Å²) in [5.74, 6) is -1.73. The smallest absolute Gasteiger partial charge is 0.336 e. The fraction of sp³-hybridized carbons (Fsp3) is 0.200. The average molecular weight is 353 g/mol. The first-order valence-corrected chi connectivity index (χ1v) is 7.12. The second-order valence-corrected chi connectivity index (χ2v) is 5.35. The van der Waals surface area contributed by atoms with E-state index >= 15 is 0 Å². The highest BCUT2D eigenvalue weighted by atomic mass is 79.9. The minimum atomic E-state index is -1.16. The van der Waals surface area contributed by atoms with E-state index in [1.165, 1.54) is 12.1 Å². The molecular formula is C15H14BrFN2O2. The molecule has 0 aliphatic heterocycles. The molecule has 1 heterocycles. The summed E-state index contributed by atoms with van der Waals surface area (Å²) in [5, 5.41) is 8.95. The van der Waals surface area contributed by atoms with Gasteiger partial charge in [-0.1, -0.05) is 6.07 Å². The maximum Gasteiger partial charge on any atom is 0.336 e. The van der Waals surface area contributed by atoms with E-state index in [1.54, 1.807) is 18.1 Å². The number of aromatic nitrogens is 1. The molecular weight excluding hydrogens is 339 g/mol. The van der Waals surface area contributed by atoms with Crippen molar-refractivity contribution in [2.45, 2.75) is 6.42 Å². The number of carboxylic acid groups (broad SMARTS) is 1. The zero-order valence-electron chi connectivity index (χ0n) is 11.4. The van der Waals surface area contributed by atoms with Crippen LogP contribution in [0.25, 0.3) is 0 Å². The van der Waals surface area contributed by atoms with Crippen LogP contribution in [0.2, 0.25) is 0 Å². The number of halogens is 2. The van der Waals surface area contributed by atoms with Crippen molar-refractivity contribution < 1.29 is 14.3 Å². The second-order valence-electron chi connectivity index (χ2n) is 4.56. The number of aromatic carboxylic acids is 1. The number of carboxylic acids is 1. The molecule has 6 heteroatoms. The molecule has 2 rings (SSSR count). The van der Waals surface area contributed by atoms with E-state index in [2.05, 4.69) is 20.9 Å². The Morgan fingerprint density at radius 3 is 2.76 bits per heavy atom. The molecule has 1 aromatic carbocycles. The third-order valence-electron chi connectivity index (χ3n) is 3.13. The molecule has 2 aromatic rings. The number of rotatable bonds is 5. The van der Waals surface area contributed by atoms with Crippen LogP contribution in [0.1, 0.15) is 16.1 Å². The lowest BCUT2D eigenvalue weighted by atomic mass is 10.1. The first-order chi connectivity index (χ1) is 10.0. The third kappa shape index (κ3) is 3.58. The lowest BCUT2D eigenvalue weighted by Crippen LogP contribution is -2.22. The highest BCUT2D eigenvalue weighted by molar-refractivity contribution is 9.10. The molecule has 0 unspecified atom stereocenters. The van der Waals surface area contributed by atoms with Gasteiger partial charge < -0.3 is 10.0 Å². The van der Waals surface area contributed by atoms with Gasteiger partial charge in [0.15, 0.2) is 5.82 Å². The Morgan fingerprint density at radius 1 is 1.38 bits per heavy atom. The van der Waals surface area contributed by atoms with Crippen LogP contribution < -0.4 is 4.90 Å². The third-order valence-corrected chi connectivity index (χ3v) is 3.91. The largest absolute Gasteiger partial charge is 0.478 e. The predicted octanol–water partition coefficient (Wildman–Crippen LogP) is 3.36. The average Bonchev–Trinajstić information content (AvgIpc) is 2.48. The van der Waals surface area contributed by atoms with Gasteiger partial charge in [-0.2, -0.15) is 0 Å². The quantitative estimate of drug-likeness (QED) is 0.896. The molecule has 0 aliphatic rings. The molecule has 0 aliphatic carbocycles. The van der Waals surface area contributed by atoms with E-state index in [0.29, 0.717) is 18.7 Å². The van der Waals surface area contributed by atoms with Crippen molar-refractivity contribution in [3.63, 3.8) is 0 Å². The number of hydrogen-bond acceptors (Lipinski definition) is 3. The summed E-state index contributed by atoms with van der Waals surface area (Å²) in [5.41, 5.74) is 1.18. The van der Waals surface area contributed by atoms with Gasteiger partial charge in [-0.3, -0.25) is 4.98 Å². The Hall–Kier alpha value is -1.95. The molecule has 0 atom stereocenters. The lowest BCUT2D eigenvalue weighted by molar-refractivity contribution is 0.0695. The van der Waals surface area contributed by atoms with Crippen molar-refractivity contribution in [2.75, 3.05) is 18.5 Å². The van der Waals surface area contributed by atoms with Gasteiger partial charge in [0, 0.05) is 31.9 Å². The first kappa shape index (κ1) is 15.4. The number of benzene rings is 1. The molecule has 21 heavy (non-hydrogen) atoms. The molecule has 0 saturated carbocycles. The minimum Gasteiger partial charge on any atom is -0.478 e. The van der Waals surface area contributed by atoms with Gasteiger partial charge in [0.1, 0.15) is 0 Å². The molecule has 110 valence electrons. The number of pyridine rings is 1. The highest BCUT2D eigenvalue weighted by Gasteiger charge is 2.17. The summed E-state index contributed by atoms with van der Waals surface area (Å²) >= 11 is 3.00. The molecule has 4 nitrogen and oxygen atoms in total. The molecule has 0 fully saturated rings. The van der Waals surface area contributed by atoms with Crippen molar-refractivity contribution in [1.82, 2.24) is 4.98 Å². The Balaban J connectivity index is 2.14. The van der Waals surface area contributed by atoms with Crippen molar-refractivity contribution in [3.8, 4) is 0 Å². The Kier molecular flexibility index (Phi) is 4.90. The van der Waals surface area contributed by atoms with Crippen molar-refractivity contribution in [1.29, 1.82) is 0 Å². The zero-order chi connectivity index (χ0) is 15.4. The number of nitrogens with zero attached hydrogens (tertiary/aromatic N) is 2. The summed E-state index contributed by atoms with van der Waals surface area (Å²) < 4.78 is 14.2. The molecule has 0 radical (unpaired) electrons. The lowest BCUT2D eigenvalue weighted by Gasteiger charge is -2.20. The number of carbonyl (C=O) groups is 1. The van der Waals surface area contributed by atoms with Gasteiger partial charge in [0.2, 0.25) is 0 Å². The van der Waals surface area contributed by atoms with Gasteiger partial charge in [-0.25, -0.2) is 9.18 Å². The fourth-order valence-corrected chi connectivity index (χ4v) is 2.45. The van der Waals surface area contributed by atoms with Gasteiger partial charge in [0.05, 0.1) is 15.7 Å². The number of hydrogen-bond donors (Lipinski definition) is 1. The van der Waals surface area contributed by atoms with Gasteiger partial charge in [0.25, 0.3) is 0 Å². The van der Waals surface area contributed by atoms with Crippen molar-refractivity contribution >= 4 is 27.6 Å². The fourth-order valence-electron chi connectivity index (χ4n) is 1.95. The van der Waals surface area contributed by atoms with Gasteiger partial charge in [-0.05, 0) is 40.2 Å². The monoisotopic (exact) mass is 352 g/mol. The molecule has 0 bridgehead atoms. The van der Waals surface area contributed by atoms with E-state index < -0.39 is 11.8 Å². The van der Waals surface area contributed by atoms with E-state index in [4.69, 9.17) is 5.11 Å². The van der Waals surface area contributed by atoms with Gasteiger partial charge in [-0.15, -0.1) is 0 Å². The summed E-state index contributed by atoms with van der Waals surface area (Å²) in [6.45, 7) is 0.576. The first-order valence-electron chi connectivity index (χ1n) is 6.33. The second kappa shape index (κ2) is 6.67. The van der Waals surface area contributed by atoms with Crippen molar-refractivity contribution in [2.24, 2.45) is 0 Å². The van der Waals surface area contributed by atoms with Crippen LogP contribution in [-0.2, 0) is 6.42 Å². The highest BCUT2D eigenvalue weighted by Crippen LogP contribution is 2.29. The summed E-state index contributed by atoms with van der Waals surface area (Å²) in [6.07, 6.45) is 2.39. The van der Waals surface area contributed by atoms with E-state index in [9.17, 15) is 9.18 Å². The molecule has 0 amide bonds. The minimum absolute atomic E-state index is 0.0304. The summed E-state index contributed by atoms with van der Waals surface area (Å²) in [6, 6.07) is 8.52. The zero-order valence-corrected chi connectivity index (χ0v) is 13.0. The molecule has 0 saturated heterocycles. The van der Waals surface area contributed by atoms with Crippen LogP contribution in [0, 0.1) is 5.82 Å². The Bertz CT molecular complexity index is 650. The van der Waals surface area contributed by atoms with Crippen molar-refractivity contribution in [3.05, 3.63) is 58.1 Å². The van der Waals surface area contributed by atoms with Crippen LogP contribution in [0.15, 0.2) is 41.0 Å². The Labute approximate surface area is 130 Å². The van der Waals surface area contributed by atoms with Crippen LogP contribution in [-0.4, -0.2) is 29.7 Å². The predicted molar refractivity (Wildman–Crippen MR) is 82.3 cm³/mol. The SMILES string of the molecule is CN(CCc1ccccn1)c1ccc(C(=O)O)c(Br)c1F. The maximum absolute atomic E-state index is 14.2. The topological polar surface area (TPSA) is 53.4 Å². The molecule has 1 N–H and O–H groups in total. The van der Waals surface area contributed by atoms with E-state index in [0.717, 1.165) is 5.69 Å². The summed E-state index contributed by atoms with van der Waals surface area (Å²) in [4.78, 5) is 16.9. The van der Waals surface area contributed by atoms with Crippen LogP contribution in [0.5, 0.6) is 0 Å². The maximum atomic E-state index is 14.2. The number of likely N-dealkylation sites (N-methyl/N-ethyl adjacent to an activating group) is 1. The Morgan fingerprint density at radius 2 is 2.14 bits per heavy atom. The van der Waals surface area contributed by atoms with Gasteiger partial charge >= 0.3 is 5.97 Å². The summed E-state index contributed by atoms with van der Waals surface area (Å²) in [7, 11) is 1.76. The van der Waals surface area contributed by atoms with E-state index in [1.807, 2.05) is 18.2 Å². The van der Waals surface area contributed by atoms with Crippen LogP contribution in [0.3, 0.4) is 0 Å². The number of anilines is 1. The standard InChI is InChI=1S/C15H14BrFN2O2/c1-19(9-7-10-4-2-3-8-18-10)12-6-5-11(15(20)21)13(16)14(12)17/h2-6,8H,7,9H2,1H3,(H,20,21). The normalized spacial score (nSPS) is 10.4. The molecule has 1 aromatic heterocycles. The van der Waals surface area contributed by atoms with Crippen LogP contribution in [0.4, 0.5) is 10.1 Å². The molecule has 0 spiro atoms. The van der Waals surface area contributed by atoms with Crippen LogP contribution >= 0.6 is 15.9 Å².